The van der Waals surface area contributed by atoms with Crippen LogP contribution in [0.3, 0.4) is 0 Å². The molecule has 0 aliphatic heterocycles. The quantitative estimate of drug-likeness (QED) is 0.790. The summed E-state index contributed by atoms with van der Waals surface area (Å²) in [5, 5.41) is 17.9. The second-order valence-electron chi connectivity index (χ2n) is 4.64. The van der Waals surface area contributed by atoms with Gasteiger partial charge in [0, 0.05) is 6.07 Å². The van der Waals surface area contributed by atoms with Crippen molar-refractivity contribution in [2.45, 2.75) is 18.8 Å². The third-order valence-corrected chi connectivity index (χ3v) is 3.04. The number of nitrogens with zero attached hydrogens (tertiary/aromatic N) is 1. The fourth-order valence-corrected chi connectivity index (χ4v) is 1.96. The highest BCUT2D eigenvalue weighted by Gasteiger charge is 2.17. The van der Waals surface area contributed by atoms with E-state index in [1.54, 1.807) is 12.1 Å². The van der Waals surface area contributed by atoms with E-state index in [1.807, 2.05) is 0 Å². The van der Waals surface area contributed by atoms with Gasteiger partial charge in [0.15, 0.2) is 0 Å². The van der Waals surface area contributed by atoms with Gasteiger partial charge in [-0.15, -0.1) is 0 Å². The van der Waals surface area contributed by atoms with E-state index in [0.29, 0.717) is 31.0 Å². The second-order valence-corrected chi connectivity index (χ2v) is 4.64. The molecule has 1 aromatic heterocycles. The molecule has 0 fully saturated rings. The minimum absolute atomic E-state index is 0.189. The van der Waals surface area contributed by atoms with E-state index in [2.05, 4.69) is 6.07 Å². The first-order valence-electron chi connectivity index (χ1n) is 6.71. The molecule has 0 bridgehead atoms. The van der Waals surface area contributed by atoms with Gasteiger partial charge in [-0.05, 0) is 37.1 Å². The van der Waals surface area contributed by atoms with E-state index < -0.39 is 11.9 Å². The van der Waals surface area contributed by atoms with Crippen LogP contribution in [-0.4, -0.2) is 17.7 Å². The molecule has 1 unspecified atom stereocenters. The number of ether oxygens (including phenoxy) is 1. The molecule has 0 saturated heterocycles. The number of carboxylic acids is 1. The maximum absolute atomic E-state index is 13.0. The summed E-state index contributed by atoms with van der Waals surface area (Å²) in [7, 11) is 0. The number of rotatable bonds is 7. The van der Waals surface area contributed by atoms with E-state index in [-0.39, 0.29) is 11.6 Å². The van der Waals surface area contributed by atoms with Crippen molar-refractivity contribution in [3.8, 4) is 11.8 Å². The van der Waals surface area contributed by atoms with E-state index >= 15 is 0 Å². The zero-order valence-electron chi connectivity index (χ0n) is 11.7. The first kappa shape index (κ1) is 15.6. The monoisotopic (exact) mass is 303 g/mol. The molecule has 0 saturated carbocycles. The number of hydrogen-bond acceptors (Lipinski definition) is 4. The Hall–Kier alpha value is -2.81. The van der Waals surface area contributed by atoms with Gasteiger partial charge < -0.3 is 14.3 Å². The first-order valence-corrected chi connectivity index (χ1v) is 6.71. The van der Waals surface area contributed by atoms with Crippen LogP contribution < -0.4 is 4.74 Å². The summed E-state index contributed by atoms with van der Waals surface area (Å²) in [6.45, 7) is 0.328. The average Bonchev–Trinajstić information content (AvgIpc) is 2.97. The van der Waals surface area contributed by atoms with E-state index in [1.165, 1.54) is 24.3 Å². The third kappa shape index (κ3) is 4.09. The van der Waals surface area contributed by atoms with Crippen LogP contribution in [-0.2, 0) is 0 Å². The maximum Gasteiger partial charge on any atom is 0.371 e. The molecule has 114 valence electrons. The van der Waals surface area contributed by atoms with Gasteiger partial charge in [0.05, 0.1) is 12.7 Å². The van der Waals surface area contributed by atoms with Crippen LogP contribution in [0.15, 0.2) is 40.8 Å². The fourth-order valence-electron chi connectivity index (χ4n) is 1.96. The summed E-state index contributed by atoms with van der Waals surface area (Å²) < 4.78 is 23.5. The third-order valence-electron chi connectivity index (χ3n) is 3.04. The molecule has 22 heavy (non-hydrogen) atoms. The van der Waals surface area contributed by atoms with Gasteiger partial charge in [0.2, 0.25) is 5.76 Å². The van der Waals surface area contributed by atoms with Crippen molar-refractivity contribution in [3.05, 3.63) is 53.7 Å². The lowest BCUT2D eigenvalue weighted by atomic mass is 10.0. The Balaban J connectivity index is 1.83. The minimum Gasteiger partial charge on any atom is -0.493 e. The molecular formula is C16H14FNO4. The summed E-state index contributed by atoms with van der Waals surface area (Å²) in [4.78, 5) is 10.7. The van der Waals surface area contributed by atoms with Crippen molar-refractivity contribution in [3.63, 3.8) is 0 Å². The van der Waals surface area contributed by atoms with E-state index in [4.69, 9.17) is 19.5 Å². The topological polar surface area (TPSA) is 83.5 Å². The highest BCUT2D eigenvalue weighted by Crippen LogP contribution is 2.23. The van der Waals surface area contributed by atoms with Crippen LogP contribution in [0, 0.1) is 17.1 Å². The Labute approximate surface area is 126 Å². The lowest BCUT2D eigenvalue weighted by Gasteiger charge is -2.08. The lowest BCUT2D eigenvalue weighted by molar-refractivity contribution is 0.0660. The van der Waals surface area contributed by atoms with Crippen LogP contribution in [0.1, 0.15) is 35.1 Å². The summed E-state index contributed by atoms with van der Waals surface area (Å²) in [5.41, 5.74) is 0. The number of carboxylic acid groups (broad SMARTS) is 1. The number of halogens is 1. The zero-order valence-corrected chi connectivity index (χ0v) is 11.7. The molecule has 0 aliphatic rings. The van der Waals surface area contributed by atoms with Crippen molar-refractivity contribution in [1.29, 1.82) is 5.26 Å². The zero-order chi connectivity index (χ0) is 15.9. The number of furan rings is 1. The molecule has 1 heterocycles. The highest BCUT2D eigenvalue weighted by molar-refractivity contribution is 5.84. The molecule has 0 amide bonds. The fraction of sp³-hybridized carbons (Fsp3) is 0.250. The lowest BCUT2D eigenvalue weighted by Crippen LogP contribution is -2.02. The summed E-state index contributed by atoms with van der Waals surface area (Å²) >= 11 is 0. The van der Waals surface area contributed by atoms with Crippen molar-refractivity contribution in [1.82, 2.24) is 0 Å². The minimum atomic E-state index is -1.17. The van der Waals surface area contributed by atoms with Gasteiger partial charge in [0.1, 0.15) is 23.2 Å². The van der Waals surface area contributed by atoms with Crippen molar-refractivity contribution < 1.29 is 23.4 Å². The van der Waals surface area contributed by atoms with Gasteiger partial charge in [-0.1, -0.05) is 6.07 Å². The Morgan fingerprint density at radius 2 is 2.23 bits per heavy atom. The smallest absolute Gasteiger partial charge is 0.371 e. The van der Waals surface area contributed by atoms with E-state index in [0.717, 1.165) is 0 Å². The average molecular weight is 303 g/mol. The number of aromatic carboxylic acids is 1. The van der Waals surface area contributed by atoms with Gasteiger partial charge in [0.25, 0.3) is 0 Å². The molecule has 2 aromatic rings. The predicted molar refractivity (Wildman–Crippen MR) is 75.2 cm³/mol. The largest absolute Gasteiger partial charge is 0.493 e. The Bertz CT molecular complexity index is 689. The Morgan fingerprint density at radius 3 is 2.86 bits per heavy atom. The number of hydrogen-bond donors (Lipinski definition) is 1. The molecule has 0 radical (unpaired) electrons. The van der Waals surface area contributed by atoms with Crippen molar-refractivity contribution >= 4 is 5.97 Å². The molecule has 0 spiro atoms. The maximum atomic E-state index is 13.0. The normalized spacial score (nSPS) is 11.6. The molecule has 6 heteroatoms. The molecule has 1 N–H and O–H groups in total. The second kappa shape index (κ2) is 7.27. The van der Waals surface area contributed by atoms with E-state index in [9.17, 15) is 9.18 Å². The van der Waals surface area contributed by atoms with Gasteiger partial charge in [-0.3, -0.25) is 0 Å². The molecule has 1 atom stereocenters. The predicted octanol–water partition coefficient (Wildman–Crippen LogP) is 3.58. The summed E-state index contributed by atoms with van der Waals surface area (Å²) in [6, 6.07) is 10.7. The van der Waals surface area contributed by atoms with Crippen molar-refractivity contribution in [2.24, 2.45) is 0 Å². The first-order chi connectivity index (χ1) is 10.6. The number of carbonyl (C=O) groups is 1. The van der Waals surface area contributed by atoms with Gasteiger partial charge >= 0.3 is 5.97 Å². The molecule has 2 rings (SSSR count). The molecular weight excluding hydrogens is 289 g/mol. The van der Waals surface area contributed by atoms with Crippen LogP contribution in [0.25, 0.3) is 0 Å². The number of benzene rings is 1. The molecule has 0 aliphatic carbocycles. The summed E-state index contributed by atoms with van der Waals surface area (Å²) in [6.07, 6.45) is 1.01. The van der Waals surface area contributed by atoms with Gasteiger partial charge in [-0.2, -0.15) is 5.26 Å². The Kier molecular flexibility index (Phi) is 5.15. The van der Waals surface area contributed by atoms with Crippen LogP contribution in [0.4, 0.5) is 4.39 Å². The molecule has 5 nitrogen and oxygen atoms in total. The highest BCUT2D eigenvalue weighted by atomic mass is 19.1. The summed E-state index contributed by atoms with van der Waals surface area (Å²) in [5.74, 6) is -1.51. The SMILES string of the molecule is N#CC(CCCOc1cccc(F)c1)c1ccc(C(=O)O)o1. The van der Waals surface area contributed by atoms with Crippen molar-refractivity contribution in [2.75, 3.05) is 6.61 Å². The number of nitriles is 1. The Morgan fingerprint density at radius 1 is 1.41 bits per heavy atom. The standard InChI is InChI=1S/C16H14FNO4/c17-12-4-1-5-13(9-12)21-8-2-3-11(10-18)14-6-7-15(22-14)16(19)20/h1,4-7,9,11H,2-3,8H2,(H,19,20). The van der Waals surface area contributed by atoms with Crippen LogP contribution in [0.2, 0.25) is 0 Å². The van der Waals surface area contributed by atoms with Crippen LogP contribution >= 0.6 is 0 Å². The van der Waals surface area contributed by atoms with Crippen LogP contribution in [0.5, 0.6) is 5.75 Å². The van der Waals surface area contributed by atoms with Gasteiger partial charge in [-0.25, -0.2) is 9.18 Å². The molecule has 1 aromatic carbocycles.